The summed E-state index contributed by atoms with van der Waals surface area (Å²) in [6, 6.07) is 9.73. The lowest BCUT2D eigenvalue weighted by molar-refractivity contribution is -0.120. The maximum absolute atomic E-state index is 12.4. The second-order valence-electron chi connectivity index (χ2n) is 7.52. The van der Waals surface area contributed by atoms with E-state index in [0.29, 0.717) is 18.5 Å². The molecule has 158 valence electrons. The van der Waals surface area contributed by atoms with Gasteiger partial charge in [-0.15, -0.1) is 0 Å². The van der Waals surface area contributed by atoms with Crippen LogP contribution in [0.25, 0.3) is 6.08 Å². The van der Waals surface area contributed by atoms with Gasteiger partial charge >= 0.3 is 0 Å². The van der Waals surface area contributed by atoms with Gasteiger partial charge in [-0.1, -0.05) is 18.2 Å². The van der Waals surface area contributed by atoms with Crippen LogP contribution in [0.5, 0.6) is 0 Å². The SMILES string of the molecule is Cc1ccc2c(c1C)=NC(=O)C(CCNC(=O)c1ccc(S(=O)(=O)N(C)C)cc1)C=2. The Morgan fingerprint density at radius 3 is 2.40 bits per heavy atom. The van der Waals surface area contributed by atoms with E-state index in [1.807, 2.05) is 32.1 Å². The average Bonchev–Trinajstić information content (AvgIpc) is 2.71. The molecule has 1 unspecified atom stereocenters. The molecule has 1 aliphatic rings. The fourth-order valence-corrected chi connectivity index (χ4v) is 4.13. The van der Waals surface area contributed by atoms with Gasteiger partial charge in [0, 0.05) is 26.2 Å². The first kappa shape index (κ1) is 21.9. The van der Waals surface area contributed by atoms with Crippen molar-refractivity contribution in [1.29, 1.82) is 0 Å². The smallest absolute Gasteiger partial charge is 0.253 e. The molecule has 1 atom stereocenters. The van der Waals surface area contributed by atoms with Gasteiger partial charge in [0.1, 0.15) is 0 Å². The summed E-state index contributed by atoms with van der Waals surface area (Å²) in [6.45, 7) is 4.24. The number of carbonyl (C=O) groups is 2. The highest BCUT2D eigenvalue weighted by molar-refractivity contribution is 7.89. The highest BCUT2D eigenvalue weighted by atomic mass is 32.2. The van der Waals surface area contributed by atoms with E-state index in [-0.39, 0.29) is 22.6 Å². The third-order valence-corrected chi connectivity index (χ3v) is 7.12. The Labute approximate surface area is 176 Å². The van der Waals surface area contributed by atoms with E-state index < -0.39 is 10.0 Å². The van der Waals surface area contributed by atoms with Crippen molar-refractivity contribution in [1.82, 2.24) is 9.62 Å². The van der Waals surface area contributed by atoms with Gasteiger partial charge in [0.15, 0.2) is 0 Å². The van der Waals surface area contributed by atoms with E-state index in [4.69, 9.17) is 0 Å². The van der Waals surface area contributed by atoms with Gasteiger partial charge in [-0.25, -0.2) is 17.7 Å². The molecule has 0 spiro atoms. The number of benzene rings is 2. The maximum atomic E-state index is 12.4. The van der Waals surface area contributed by atoms with E-state index in [0.717, 1.165) is 26.0 Å². The molecule has 1 N–H and O–H groups in total. The molecule has 1 heterocycles. The monoisotopic (exact) mass is 427 g/mol. The second kappa shape index (κ2) is 8.49. The van der Waals surface area contributed by atoms with Crippen molar-refractivity contribution in [3.63, 3.8) is 0 Å². The Morgan fingerprint density at radius 2 is 1.77 bits per heavy atom. The molecule has 30 heavy (non-hydrogen) atoms. The van der Waals surface area contributed by atoms with Crippen LogP contribution in [-0.2, 0) is 14.8 Å². The fraction of sp³-hybridized carbons (Fsp3) is 0.318. The zero-order chi connectivity index (χ0) is 22.1. The molecule has 2 aromatic carbocycles. The van der Waals surface area contributed by atoms with Gasteiger partial charge in [-0.2, -0.15) is 0 Å². The molecule has 0 saturated carbocycles. The van der Waals surface area contributed by atoms with Gasteiger partial charge in [-0.05, 0) is 60.9 Å². The molecule has 1 aliphatic heterocycles. The van der Waals surface area contributed by atoms with Crippen molar-refractivity contribution in [3.05, 3.63) is 63.7 Å². The van der Waals surface area contributed by atoms with Crippen LogP contribution in [0.3, 0.4) is 0 Å². The first-order chi connectivity index (χ1) is 14.1. The Hall–Kier alpha value is -2.84. The van der Waals surface area contributed by atoms with Gasteiger partial charge in [0.25, 0.3) is 11.8 Å². The van der Waals surface area contributed by atoms with E-state index in [1.54, 1.807) is 0 Å². The molecule has 8 heteroatoms. The van der Waals surface area contributed by atoms with Crippen molar-refractivity contribution in [3.8, 4) is 0 Å². The molecular weight excluding hydrogens is 402 g/mol. The van der Waals surface area contributed by atoms with Crippen LogP contribution < -0.4 is 15.9 Å². The Morgan fingerprint density at radius 1 is 1.10 bits per heavy atom. The Bertz CT molecular complexity index is 1220. The molecule has 3 rings (SSSR count). The lowest BCUT2D eigenvalue weighted by Crippen LogP contribution is -2.37. The van der Waals surface area contributed by atoms with Crippen molar-refractivity contribution in [2.24, 2.45) is 10.9 Å². The van der Waals surface area contributed by atoms with Crippen molar-refractivity contribution in [2.75, 3.05) is 20.6 Å². The third kappa shape index (κ3) is 4.34. The number of hydrogen-bond donors (Lipinski definition) is 1. The number of carbonyl (C=O) groups excluding carboxylic acids is 2. The summed E-state index contributed by atoms with van der Waals surface area (Å²) in [5, 5.41) is 4.45. The average molecular weight is 428 g/mol. The predicted molar refractivity (Wildman–Crippen MR) is 114 cm³/mol. The lowest BCUT2D eigenvalue weighted by Gasteiger charge is -2.14. The van der Waals surface area contributed by atoms with E-state index in [9.17, 15) is 18.0 Å². The molecule has 0 radical (unpaired) electrons. The van der Waals surface area contributed by atoms with Crippen molar-refractivity contribution < 1.29 is 18.0 Å². The highest BCUT2D eigenvalue weighted by Gasteiger charge is 2.20. The lowest BCUT2D eigenvalue weighted by atomic mass is 9.98. The molecule has 7 nitrogen and oxygen atoms in total. The molecule has 0 fully saturated rings. The van der Waals surface area contributed by atoms with Gasteiger partial charge in [-0.3, -0.25) is 9.59 Å². The summed E-state index contributed by atoms with van der Waals surface area (Å²) in [6.07, 6.45) is 2.34. The van der Waals surface area contributed by atoms with Crippen LogP contribution in [0.2, 0.25) is 0 Å². The number of fused-ring (bicyclic) bond motifs is 1. The topological polar surface area (TPSA) is 95.9 Å². The normalized spacial score (nSPS) is 15.9. The molecule has 2 amide bonds. The summed E-state index contributed by atoms with van der Waals surface area (Å²) in [7, 11) is -0.636. The summed E-state index contributed by atoms with van der Waals surface area (Å²) in [5.41, 5.74) is 2.45. The maximum Gasteiger partial charge on any atom is 0.253 e. The zero-order valence-electron chi connectivity index (χ0n) is 17.5. The van der Waals surface area contributed by atoms with E-state index >= 15 is 0 Å². The van der Waals surface area contributed by atoms with Crippen LogP contribution in [0.15, 0.2) is 46.3 Å². The first-order valence-electron chi connectivity index (χ1n) is 9.62. The summed E-state index contributed by atoms with van der Waals surface area (Å²) < 4.78 is 25.3. The van der Waals surface area contributed by atoms with Gasteiger partial charge < -0.3 is 5.32 Å². The highest BCUT2D eigenvalue weighted by Crippen LogP contribution is 2.14. The molecular formula is C22H25N3O4S. The summed E-state index contributed by atoms with van der Waals surface area (Å²) in [5.74, 6) is -0.910. The summed E-state index contributed by atoms with van der Waals surface area (Å²) >= 11 is 0. The number of aryl methyl sites for hydroxylation is 1. The minimum Gasteiger partial charge on any atom is -0.352 e. The zero-order valence-corrected chi connectivity index (χ0v) is 18.3. The molecule has 2 aromatic rings. The van der Waals surface area contributed by atoms with Crippen molar-refractivity contribution in [2.45, 2.75) is 25.2 Å². The fourth-order valence-electron chi connectivity index (χ4n) is 3.23. The number of hydrogen-bond acceptors (Lipinski definition) is 4. The number of nitrogens with one attached hydrogen (secondary N) is 1. The third-order valence-electron chi connectivity index (χ3n) is 5.29. The van der Waals surface area contributed by atoms with Crippen LogP contribution in [0, 0.1) is 19.8 Å². The minimum atomic E-state index is -3.54. The molecule has 0 aromatic heterocycles. The van der Waals surface area contributed by atoms with Crippen LogP contribution in [0.4, 0.5) is 0 Å². The Balaban J connectivity index is 1.64. The summed E-state index contributed by atoms with van der Waals surface area (Å²) in [4.78, 5) is 29.1. The standard InChI is InChI=1S/C22H25N3O4S/c1-14-5-6-17-13-18(22(27)24-20(17)15(14)2)11-12-23-21(26)16-7-9-19(10-8-16)30(28,29)25(3)4/h5-10,13,18H,11-12H2,1-4H3,(H,23,26). The molecule has 0 bridgehead atoms. The second-order valence-corrected chi connectivity index (χ2v) is 9.68. The first-order valence-corrected chi connectivity index (χ1v) is 11.1. The van der Waals surface area contributed by atoms with Crippen LogP contribution in [-0.4, -0.2) is 45.2 Å². The Kier molecular flexibility index (Phi) is 6.19. The van der Waals surface area contributed by atoms with Gasteiger partial charge in [0.2, 0.25) is 10.0 Å². The molecule has 0 saturated heterocycles. The number of sulfonamides is 1. The largest absolute Gasteiger partial charge is 0.352 e. The van der Waals surface area contributed by atoms with Crippen molar-refractivity contribution >= 4 is 27.9 Å². The quantitative estimate of drug-likeness (QED) is 0.742. The van der Waals surface area contributed by atoms with E-state index in [2.05, 4.69) is 10.3 Å². The van der Waals surface area contributed by atoms with Crippen LogP contribution in [0.1, 0.15) is 27.9 Å². The van der Waals surface area contributed by atoms with Crippen LogP contribution >= 0.6 is 0 Å². The number of rotatable bonds is 6. The van der Waals surface area contributed by atoms with E-state index in [1.165, 1.54) is 38.4 Å². The molecule has 0 aliphatic carbocycles. The predicted octanol–water partition coefficient (Wildman–Crippen LogP) is 0.930. The minimum absolute atomic E-state index is 0.122. The van der Waals surface area contributed by atoms with Gasteiger partial charge in [0.05, 0.1) is 16.2 Å². The number of amides is 2. The number of nitrogens with zero attached hydrogens (tertiary/aromatic N) is 2.